The highest BCUT2D eigenvalue weighted by Crippen LogP contribution is 2.10. The summed E-state index contributed by atoms with van der Waals surface area (Å²) in [5.74, 6) is 1.08. The van der Waals surface area contributed by atoms with Crippen LogP contribution in [0.3, 0.4) is 0 Å². The third-order valence-electron chi connectivity index (χ3n) is 4.24. The van der Waals surface area contributed by atoms with Crippen molar-refractivity contribution in [3.8, 4) is 0 Å². The largest absolute Gasteiger partial charge is 0.385 e. The van der Waals surface area contributed by atoms with Crippen molar-refractivity contribution < 1.29 is 4.79 Å². The zero-order valence-corrected chi connectivity index (χ0v) is 15.4. The molecule has 1 unspecified atom stereocenters. The molecule has 6 nitrogen and oxygen atoms in total. The van der Waals surface area contributed by atoms with E-state index in [9.17, 15) is 4.79 Å². The first kappa shape index (κ1) is 19.1. The van der Waals surface area contributed by atoms with Gasteiger partial charge < -0.3 is 20.9 Å². The smallest absolute Gasteiger partial charge is 0.222 e. The number of guanidine groups is 1. The molecular weight excluding hydrogens is 314 g/mol. The molecule has 0 aliphatic carbocycles. The van der Waals surface area contributed by atoms with Crippen LogP contribution in [0.25, 0.3) is 0 Å². The number of amides is 1. The van der Waals surface area contributed by atoms with Gasteiger partial charge in [-0.25, -0.2) is 0 Å². The van der Waals surface area contributed by atoms with Gasteiger partial charge in [-0.15, -0.1) is 0 Å². The van der Waals surface area contributed by atoms with E-state index in [2.05, 4.69) is 40.0 Å². The zero-order valence-electron chi connectivity index (χ0n) is 15.4. The average Bonchev–Trinajstić information content (AvgIpc) is 3.10. The van der Waals surface area contributed by atoms with E-state index in [-0.39, 0.29) is 11.9 Å². The minimum atomic E-state index is 0.234. The Morgan fingerprint density at radius 1 is 1.28 bits per heavy atom. The van der Waals surface area contributed by atoms with Crippen LogP contribution in [-0.2, 0) is 4.79 Å². The van der Waals surface area contributed by atoms with E-state index >= 15 is 0 Å². The van der Waals surface area contributed by atoms with E-state index in [1.54, 1.807) is 0 Å². The van der Waals surface area contributed by atoms with Gasteiger partial charge in [0.05, 0.1) is 0 Å². The maximum Gasteiger partial charge on any atom is 0.222 e. The first-order chi connectivity index (χ1) is 12.2. The topological polar surface area (TPSA) is 68.8 Å². The van der Waals surface area contributed by atoms with E-state index in [0.717, 1.165) is 57.2 Å². The number of carbonyl (C=O) groups is 1. The molecule has 0 aromatic heterocycles. The van der Waals surface area contributed by atoms with Crippen molar-refractivity contribution >= 4 is 17.6 Å². The van der Waals surface area contributed by atoms with Crippen molar-refractivity contribution in [1.82, 2.24) is 15.5 Å². The summed E-state index contributed by atoms with van der Waals surface area (Å²) in [5.41, 5.74) is 1.14. The lowest BCUT2D eigenvalue weighted by molar-refractivity contribution is -0.129. The molecule has 1 aromatic rings. The maximum absolute atomic E-state index is 11.8. The molecule has 0 saturated carbocycles. The van der Waals surface area contributed by atoms with Gasteiger partial charge in [-0.3, -0.25) is 9.79 Å². The van der Waals surface area contributed by atoms with E-state index < -0.39 is 0 Å². The second-order valence-corrected chi connectivity index (χ2v) is 6.23. The van der Waals surface area contributed by atoms with Crippen LogP contribution in [0.15, 0.2) is 35.3 Å². The lowest BCUT2D eigenvalue weighted by Gasteiger charge is -2.18. The Morgan fingerprint density at radius 2 is 2.08 bits per heavy atom. The Labute approximate surface area is 151 Å². The molecule has 1 heterocycles. The third kappa shape index (κ3) is 6.64. The number of benzene rings is 1. The molecular formula is C19H31N5O. The fourth-order valence-corrected chi connectivity index (χ4v) is 2.90. The highest BCUT2D eigenvalue weighted by molar-refractivity contribution is 5.80. The number of hydrogen-bond acceptors (Lipinski definition) is 3. The lowest BCUT2D eigenvalue weighted by Crippen LogP contribution is -2.45. The Bertz CT molecular complexity index is 546. The molecule has 1 fully saturated rings. The molecule has 1 amide bonds. The first-order valence-electron chi connectivity index (χ1n) is 9.34. The van der Waals surface area contributed by atoms with Crippen molar-refractivity contribution in [2.24, 2.45) is 4.99 Å². The van der Waals surface area contributed by atoms with E-state index in [1.807, 2.05) is 30.0 Å². The quantitative estimate of drug-likeness (QED) is 0.383. The lowest BCUT2D eigenvalue weighted by atomic mass is 10.3. The summed E-state index contributed by atoms with van der Waals surface area (Å²) in [4.78, 5) is 18.4. The minimum absolute atomic E-state index is 0.234. The number of para-hydroxylation sites is 1. The molecule has 1 aliphatic heterocycles. The predicted molar refractivity (Wildman–Crippen MR) is 104 cm³/mol. The number of rotatable bonds is 8. The third-order valence-corrected chi connectivity index (χ3v) is 4.24. The normalized spacial score (nSPS) is 17.4. The number of aliphatic imine (C=N–C) groups is 1. The number of likely N-dealkylation sites (tertiary alicyclic amines) is 1. The standard InChI is InChI=1S/C19H31N5O/c1-3-18(25)24-14-11-17(15-24)23-19(20-4-2)22-13-8-12-21-16-9-6-5-7-10-16/h5-7,9-10,17,21H,3-4,8,11-15H2,1-2H3,(H2,20,22,23). The molecule has 138 valence electrons. The molecule has 0 spiro atoms. The summed E-state index contributed by atoms with van der Waals surface area (Å²) in [5, 5.41) is 10.1. The van der Waals surface area contributed by atoms with E-state index in [4.69, 9.17) is 0 Å². The summed E-state index contributed by atoms with van der Waals surface area (Å²) in [7, 11) is 0. The zero-order chi connectivity index (χ0) is 17.9. The van der Waals surface area contributed by atoms with E-state index in [0.29, 0.717) is 6.42 Å². The molecule has 6 heteroatoms. The number of nitrogens with one attached hydrogen (secondary N) is 3. The second-order valence-electron chi connectivity index (χ2n) is 6.23. The molecule has 25 heavy (non-hydrogen) atoms. The van der Waals surface area contributed by atoms with Gasteiger partial charge in [0.25, 0.3) is 0 Å². The highest BCUT2D eigenvalue weighted by atomic mass is 16.2. The molecule has 2 rings (SSSR count). The molecule has 0 bridgehead atoms. The second kappa shape index (κ2) is 10.6. The molecule has 1 aliphatic rings. The molecule has 0 radical (unpaired) electrons. The summed E-state index contributed by atoms with van der Waals surface area (Å²) in [6.07, 6.45) is 2.53. The van der Waals surface area contributed by atoms with Gasteiger partial charge in [-0.2, -0.15) is 0 Å². The van der Waals surface area contributed by atoms with Crippen LogP contribution >= 0.6 is 0 Å². The van der Waals surface area contributed by atoms with Crippen molar-refractivity contribution in [3.05, 3.63) is 30.3 Å². The SMILES string of the molecule is CCNC(=NCCCNc1ccccc1)NC1CCN(C(=O)CC)C1. The summed E-state index contributed by atoms with van der Waals surface area (Å²) in [6.45, 7) is 8.08. The first-order valence-corrected chi connectivity index (χ1v) is 9.34. The van der Waals surface area contributed by atoms with Crippen molar-refractivity contribution in [2.75, 3.05) is 38.0 Å². The van der Waals surface area contributed by atoms with Crippen molar-refractivity contribution in [1.29, 1.82) is 0 Å². The highest BCUT2D eigenvalue weighted by Gasteiger charge is 2.25. The van der Waals surface area contributed by atoms with Crippen molar-refractivity contribution in [2.45, 2.75) is 39.2 Å². The van der Waals surface area contributed by atoms with Crippen LogP contribution < -0.4 is 16.0 Å². The Morgan fingerprint density at radius 3 is 2.80 bits per heavy atom. The molecule has 1 aromatic carbocycles. The average molecular weight is 345 g/mol. The molecule has 3 N–H and O–H groups in total. The Hall–Kier alpha value is -2.24. The Balaban J connectivity index is 1.72. The van der Waals surface area contributed by atoms with Gasteiger partial charge in [0.15, 0.2) is 5.96 Å². The number of hydrogen-bond donors (Lipinski definition) is 3. The van der Waals surface area contributed by atoms with Gasteiger partial charge in [0.1, 0.15) is 0 Å². The number of nitrogens with zero attached hydrogens (tertiary/aromatic N) is 2. The minimum Gasteiger partial charge on any atom is -0.385 e. The van der Waals surface area contributed by atoms with E-state index in [1.165, 1.54) is 0 Å². The summed E-state index contributed by atoms with van der Waals surface area (Å²) >= 11 is 0. The van der Waals surface area contributed by atoms with Crippen LogP contribution in [0, 0.1) is 0 Å². The van der Waals surface area contributed by atoms with Gasteiger partial charge >= 0.3 is 0 Å². The van der Waals surface area contributed by atoms with Crippen LogP contribution in [-0.4, -0.2) is 55.5 Å². The van der Waals surface area contributed by atoms with Gasteiger partial charge in [0.2, 0.25) is 5.91 Å². The number of carbonyl (C=O) groups excluding carboxylic acids is 1. The fraction of sp³-hybridized carbons (Fsp3) is 0.579. The fourth-order valence-electron chi connectivity index (χ4n) is 2.90. The number of anilines is 1. The van der Waals surface area contributed by atoms with Crippen LogP contribution in [0.2, 0.25) is 0 Å². The monoisotopic (exact) mass is 345 g/mol. The van der Waals surface area contributed by atoms with Crippen LogP contribution in [0.1, 0.15) is 33.1 Å². The van der Waals surface area contributed by atoms with Gasteiger partial charge in [-0.1, -0.05) is 25.1 Å². The predicted octanol–water partition coefficient (Wildman–Crippen LogP) is 2.05. The van der Waals surface area contributed by atoms with Crippen LogP contribution in [0.5, 0.6) is 0 Å². The van der Waals surface area contributed by atoms with Crippen LogP contribution in [0.4, 0.5) is 5.69 Å². The molecule has 1 atom stereocenters. The van der Waals surface area contributed by atoms with Gasteiger partial charge in [-0.05, 0) is 31.9 Å². The molecule has 1 saturated heterocycles. The summed E-state index contributed by atoms with van der Waals surface area (Å²) < 4.78 is 0. The summed E-state index contributed by atoms with van der Waals surface area (Å²) in [6, 6.07) is 10.5. The van der Waals surface area contributed by atoms with Crippen molar-refractivity contribution in [3.63, 3.8) is 0 Å². The van der Waals surface area contributed by atoms with Gasteiger partial charge in [0, 0.05) is 50.9 Å². The Kier molecular flexibility index (Phi) is 8.09. The maximum atomic E-state index is 11.8.